The first-order valence-electron chi connectivity index (χ1n) is 6.40. The molecule has 2 amide bonds. The monoisotopic (exact) mass is 266 g/mol. The van der Waals surface area contributed by atoms with Gasteiger partial charge in [-0.2, -0.15) is 0 Å². The van der Waals surface area contributed by atoms with E-state index in [0.717, 1.165) is 12.3 Å². The van der Waals surface area contributed by atoms with E-state index in [4.69, 9.17) is 9.52 Å². The van der Waals surface area contributed by atoms with Crippen LogP contribution >= 0.6 is 0 Å². The lowest BCUT2D eigenvalue weighted by Gasteiger charge is -2.05. The Morgan fingerprint density at radius 2 is 2.16 bits per heavy atom. The lowest BCUT2D eigenvalue weighted by atomic mass is 10.2. The van der Waals surface area contributed by atoms with Crippen molar-refractivity contribution in [1.29, 1.82) is 0 Å². The van der Waals surface area contributed by atoms with Gasteiger partial charge in [0.15, 0.2) is 0 Å². The highest BCUT2D eigenvalue weighted by Gasteiger charge is 2.20. The summed E-state index contributed by atoms with van der Waals surface area (Å²) in [4.78, 5) is 22.3. The van der Waals surface area contributed by atoms with Gasteiger partial charge >= 0.3 is 12.0 Å². The third kappa shape index (κ3) is 4.01. The van der Waals surface area contributed by atoms with E-state index in [1.165, 1.54) is 18.9 Å². The average molecular weight is 266 g/mol. The van der Waals surface area contributed by atoms with Gasteiger partial charge in [-0.05, 0) is 25.3 Å². The van der Waals surface area contributed by atoms with E-state index >= 15 is 0 Å². The van der Waals surface area contributed by atoms with Gasteiger partial charge < -0.3 is 20.2 Å². The van der Waals surface area contributed by atoms with Crippen LogP contribution in [0, 0.1) is 12.8 Å². The molecule has 1 aliphatic carbocycles. The Kier molecular flexibility index (Phi) is 4.09. The third-order valence-electron chi connectivity index (χ3n) is 3.16. The van der Waals surface area contributed by atoms with Gasteiger partial charge in [0.25, 0.3) is 0 Å². The highest BCUT2D eigenvalue weighted by molar-refractivity contribution is 5.88. The number of hydrogen-bond acceptors (Lipinski definition) is 3. The number of aryl methyl sites for hydroxylation is 1. The molecule has 0 radical (unpaired) electrons. The highest BCUT2D eigenvalue weighted by Crippen LogP contribution is 2.31. The number of carboxylic acid groups (broad SMARTS) is 1. The number of amides is 2. The van der Waals surface area contributed by atoms with Gasteiger partial charge in [0.05, 0.1) is 6.54 Å². The zero-order chi connectivity index (χ0) is 13.8. The first kappa shape index (κ1) is 13.5. The standard InChI is InChI=1S/C13H18N2O4/c1-8-11(12(16)17)6-10(19-8)7-15-13(18)14-5-4-9-2-3-9/h6,9H,2-5,7H2,1H3,(H,16,17)(H2,14,15,18). The van der Waals surface area contributed by atoms with Crippen molar-refractivity contribution in [2.75, 3.05) is 6.54 Å². The average Bonchev–Trinajstić information content (AvgIpc) is 3.08. The molecule has 0 atom stereocenters. The van der Waals surface area contributed by atoms with Crippen molar-refractivity contribution in [2.24, 2.45) is 5.92 Å². The second-order valence-electron chi connectivity index (χ2n) is 4.83. The summed E-state index contributed by atoms with van der Waals surface area (Å²) >= 11 is 0. The van der Waals surface area contributed by atoms with E-state index in [1.807, 2.05) is 0 Å². The Morgan fingerprint density at radius 3 is 2.74 bits per heavy atom. The van der Waals surface area contributed by atoms with Crippen LogP contribution in [-0.4, -0.2) is 23.7 Å². The molecule has 0 bridgehead atoms. The van der Waals surface area contributed by atoms with E-state index in [2.05, 4.69) is 10.6 Å². The molecule has 6 nitrogen and oxygen atoms in total. The normalized spacial score (nSPS) is 14.2. The van der Waals surface area contributed by atoms with Gasteiger partial charge in [0.1, 0.15) is 17.1 Å². The van der Waals surface area contributed by atoms with E-state index in [-0.39, 0.29) is 18.1 Å². The van der Waals surface area contributed by atoms with Gasteiger partial charge in [-0.1, -0.05) is 12.8 Å². The molecule has 104 valence electrons. The number of urea groups is 1. The zero-order valence-corrected chi connectivity index (χ0v) is 10.9. The largest absolute Gasteiger partial charge is 0.478 e. The first-order chi connectivity index (χ1) is 9.06. The minimum absolute atomic E-state index is 0.131. The van der Waals surface area contributed by atoms with Crippen LogP contribution in [0.4, 0.5) is 4.79 Å². The minimum Gasteiger partial charge on any atom is -0.478 e. The molecule has 1 heterocycles. The highest BCUT2D eigenvalue weighted by atomic mass is 16.4. The lowest BCUT2D eigenvalue weighted by Crippen LogP contribution is -2.35. The summed E-state index contributed by atoms with van der Waals surface area (Å²) in [6.45, 7) is 2.44. The second-order valence-corrected chi connectivity index (χ2v) is 4.83. The quantitative estimate of drug-likeness (QED) is 0.733. The molecule has 1 aromatic heterocycles. The molecule has 3 N–H and O–H groups in total. The molecule has 1 saturated carbocycles. The van der Waals surface area contributed by atoms with Crippen molar-refractivity contribution in [3.05, 3.63) is 23.2 Å². The summed E-state index contributed by atoms with van der Waals surface area (Å²) in [6, 6.07) is 1.17. The molecular formula is C13H18N2O4. The van der Waals surface area contributed by atoms with Crippen LogP contribution in [0.1, 0.15) is 41.1 Å². The summed E-state index contributed by atoms with van der Waals surface area (Å²) in [5.74, 6) is 0.540. The number of carbonyl (C=O) groups excluding carboxylic acids is 1. The fourth-order valence-corrected chi connectivity index (χ4v) is 1.87. The van der Waals surface area contributed by atoms with E-state index in [0.29, 0.717) is 18.1 Å². The van der Waals surface area contributed by atoms with E-state index in [9.17, 15) is 9.59 Å². The molecule has 2 rings (SSSR count). The van der Waals surface area contributed by atoms with Crippen molar-refractivity contribution in [1.82, 2.24) is 10.6 Å². The van der Waals surface area contributed by atoms with Crippen LogP contribution in [0.2, 0.25) is 0 Å². The Balaban J connectivity index is 1.72. The van der Waals surface area contributed by atoms with E-state index in [1.54, 1.807) is 6.92 Å². The van der Waals surface area contributed by atoms with Gasteiger partial charge in [0, 0.05) is 6.54 Å². The second kappa shape index (κ2) is 5.77. The number of nitrogens with one attached hydrogen (secondary N) is 2. The van der Waals surface area contributed by atoms with Gasteiger partial charge in [-0.15, -0.1) is 0 Å². The minimum atomic E-state index is -1.03. The Bertz CT molecular complexity index is 477. The molecule has 0 saturated heterocycles. The van der Waals surface area contributed by atoms with E-state index < -0.39 is 5.97 Å². The molecule has 6 heteroatoms. The lowest BCUT2D eigenvalue weighted by molar-refractivity contribution is 0.0695. The van der Waals surface area contributed by atoms with Crippen molar-refractivity contribution < 1.29 is 19.1 Å². The third-order valence-corrected chi connectivity index (χ3v) is 3.16. The summed E-state index contributed by atoms with van der Waals surface area (Å²) in [5, 5.41) is 14.3. The molecule has 0 aliphatic heterocycles. The fourth-order valence-electron chi connectivity index (χ4n) is 1.87. The van der Waals surface area contributed by atoms with Crippen LogP contribution in [0.3, 0.4) is 0 Å². The molecule has 19 heavy (non-hydrogen) atoms. The maximum atomic E-state index is 11.5. The summed E-state index contributed by atoms with van der Waals surface area (Å²) < 4.78 is 5.26. The van der Waals surface area contributed by atoms with Crippen LogP contribution in [0.5, 0.6) is 0 Å². The van der Waals surface area contributed by atoms with Gasteiger partial charge in [-0.3, -0.25) is 0 Å². The predicted molar refractivity (Wildman–Crippen MR) is 68.0 cm³/mol. The molecular weight excluding hydrogens is 248 g/mol. The van der Waals surface area contributed by atoms with Crippen LogP contribution in [0.15, 0.2) is 10.5 Å². The van der Waals surface area contributed by atoms with Crippen molar-refractivity contribution in [2.45, 2.75) is 32.7 Å². The number of hydrogen-bond donors (Lipinski definition) is 3. The summed E-state index contributed by atoms with van der Waals surface area (Å²) in [6.07, 6.45) is 3.57. The predicted octanol–water partition coefficient (Wildman–Crippen LogP) is 1.89. The molecule has 0 spiro atoms. The molecule has 1 aromatic rings. The number of aromatic carboxylic acids is 1. The van der Waals surface area contributed by atoms with Crippen molar-refractivity contribution >= 4 is 12.0 Å². The van der Waals surface area contributed by atoms with Crippen molar-refractivity contribution in [3.63, 3.8) is 0 Å². The molecule has 0 aromatic carbocycles. The maximum Gasteiger partial charge on any atom is 0.339 e. The van der Waals surface area contributed by atoms with Crippen LogP contribution < -0.4 is 10.6 Å². The van der Waals surface area contributed by atoms with Gasteiger partial charge in [0.2, 0.25) is 0 Å². The van der Waals surface area contributed by atoms with Crippen molar-refractivity contribution in [3.8, 4) is 0 Å². The van der Waals surface area contributed by atoms with Crippen LogP contribution in [0.25, 0.3) is 0 Å². The topological polar surface area (TPSA) is 91.6 Å². The number of furan rings is 1. The maximum absolute atomic E-state index is 11.5. The Hall–Kier alpha value is -1.98. The number of carboxylic acids is 1. The van der Waals surface area contributed by atoms with Gasteiger partial charge in [-0.25, -0.2) is 9.59 Å². The Morgan fingerprint density at radius 1 is 1.42 bits per heavy atom. The zero-order valence-electron chi connectivity index (χ0n) is 10.9. The van der Waals surface area contributed by atoms with Crippen LogP contribution in [-0.2, 0) is 6.54 Å². The Labute approximate surface area is 111 Å². The molecule has 1 aliphatic rings. The summed E-state index contributed by atoms with van der Waals surface area (Å²) in [7, 11) is 0. The smallest absolute Gasteiger partial charge is 0.339 e. The fraction of sp³-hybridized carbons (Fsp3) is 0.538. The molecule has 0 unspecified atom stereocenters. The molecule has 1 fully saturated rings. The SMILES string of the molecule is Cc1oc(CNC(=O)NCCC2CC2)cc1C(=O)O. The first-order valence-corrected chi connectivity index (χ1v) is 6.40. The number of rotatable bonds is 6. The summed E-state index contributed by atoms with van der Waals surface area (Å²) in [5.41, 5.74) is 0.131. The number of carbonyl (C=O) groups is 2.